The molecule has 27 heavy (non-hydrogen) atoms. The highest BCUT2D eigenvalue weighted by Gasteiger charge is 2.11. The van der Waals surface area contributed by atoms with Gasteiger partial charge in [0.05, 0.1) is 11.3 Å². The molecule has 0 spiro atoms. The number of hydrogen-bond donors (Lipinski definition) is 2. The van der Waals surface area contributed by atoms with Crippen LogP contribution in [0.25, 0.3) is 6.08 Å². The second-order valence-electron chi connectivity index (χ2n) is 5.70. The van der Waals surface area contributed by atoms with Crippen molar-refractivity contribution in [1.82, 2.24) is 5.32 Å². The zero-order chi connectivity index (χ0) is 19.5. The molecule has 0 aromatic heterocycles. The van der Waals surface area contributed by atoms with E-state index in [9.17, 15) is 9.59 Å². The predicted octanol–water partition coefficient (Wildman–Crippen LogP) is 4.15. The number of para-hydroxylation sites is 1. The minimum absolute atomic E-state index is 0.238. The number of carbonyl (C=O) groups excluding carboxylic acids is 2. The van der Waals surface area contributed by atoms with Gasteiger partial charge in [0.1, 0.15) is 0 Å². The Kier molecular flexibility index (Phi) is 8.55. The van der Waals surface area contributed by atoms with Crippen molar-refractivity contribution in [2.75, 3.05) is 25.1 Å². The van der Waals surface area contributed by atoms with Crippen LogP contribution < -0.4 is 10.6 Å². The highest BCUT2D eigenvalue weighted by molar-refractivity contribution is 6.32. The van der Waals surface area contributed by atoms with E-state index in [4.69, 9.17) is 16.3 Å². The first-order valence-corrected chi connectivity index (χ1v) is 9.18. The molecule has 0 atom stereocenters. The lowest BCUT2D eigenvalue weighted by molar-refractivity contribution is -0.111. The highest BCUT2D eigenvalue weighted by atomic mass is 35.5. The molecule has 2 amide bonds. The maximum atomic E-state index is 12.4. The highest BCUT2D eigenvalue weighted by Crippen LogP contribution is 2.17. The van der Waals surface area contributed by atoms with E-state index >= 15 is 0 Å². The Balaban J connectivity index is 1.97. The zero-order valence-electron chi connectivity index (χ0n) is 15.2. The van der Waals surface area contributed by atoms with Gasteiger partial charge < -0.3 is 15.4 Å². The van der Waals surface area contributed by atoms with E-state index < -0.39 is 0 Å². The standard InChI is InChI=1S/C21H23ClN2O3/c1-2-27-15-7-14-23-21(26)17-9-4-6-11-19(17)24-20(25)13-12-16-8-3-5-10-18(16)22/h3-6,8-13H,2,7,14-15H2,1H3,(H,23,26)(H,24,25)/b13-12+. The first kappa shape index (κ1) is 20.7. The Morgan fingerprint density at radius 3 is 2.63 bits per heavy atom. The molecular weight excluding hydrogens is 364 g/mol. The molecule has 2 rings (SSSR count). The second kappa shape index (κ2) is 11.2. The molecule has 5 nitrogen and oxygen atoms in total. The molecule has 0 saturated carbocycles. The quantitative estimate of drug-likeness (QED) is 0.502. The molecule has 142 valence electrons. The van der Waals surface area contributed by atoms with E-state index in [1.807, 2.05) is 25.1 Å². The summed E-state index contributed by atoms with van der Waals surface area (Å²) in [6, 6.07) is 14.1. The van der Waals surface area contributed by atoms with Crippen LogP contribution in [0, 0.1) is 0 Å². The minimum Gasteiger partial charge on any atom is -0.382 e. The van der Waals surface area contributed by atoms with Crippen molar-refractivity contribution in [1.29, 1.82) is 0 Å². The number of rotatable bonds is 9. The second-order valence-corrected chi connectivity index (χ2v) is 6.10. The Morgan fingerprint density at radius 1 is 1.11 bits per heavy atom. The average molecular weight is 387 g/mol. The Hall–Kier alpha value is -2.63. The van der Waals surface area contributed by atoms with Gasteiger partial charge in [0.25, 0.3) is 5.91 Å². The Morgan fingerprint density at radius 2 is 1.85 bits per heavy atom. The summed E-state index contributed by atoms with van der Waals surface area (Å²) in [5.41, 5.74) is 1.61. The smallest absolute Gasteiger partial charge is 0.253 e. The molecule has 0 aliphatic rings. The van der Waals surface area contributed by atoms with Crippen molar-refractivity contribution < 1.29 is 14.3 Å². The van der Waals surface area contributed by atoms with Crippen molar-refractivity contribution in [2.45, 2.75) is 13.3 Å². The fourth-order valence-electron chi connectivity index (χ4n) is 2.36. The number of halogens is 1. The summed E-state index contributed by atoms with van der Waals surface area (Å²) in [7, 11) is 0. The number of ether oxygens (including phenoxy) is 1. The van der Waals surface area contributed by atoms with Gasteiger partial charge in [-0.2, -0.15) is 0 Å². The molecular formula is C21H23ClN2O3. The van der Waals surface area contributed by atoms with Gasteiger partial charge in [0.2, 0.25) is 5.91 Å². The van der Waals surface area contributed by atoms with E-state index in [0.717, 1.165) is 12.0 Å². The lowest BCUT2D eigenvalue weighted by Gasteiger charge is -2.10. The molecule has 6 heteroatoms. The maximum absolute atomic E-state index is 12.4. The fourth-order valence-corrected chi connectivity index (χ4v) is 2.55. The van der Waals surface area contributed by atoms with Crippen LogP contribution in [0.3, 0.4) is 0 Å². The number of amides is 2. The maximum Gasteiger partial charge on any atom is 0.253 e. The summed E-state index contributed by atoms with van der Waals surface area (Å²) in [6.07, 6.45) is 3.75. The summed E-state index contributed by atoms with van der Waals surface area (Å²) < 4.78 is 5.24. The molecule has 2 aromatic carbocycles. The van der Waals surface area contributed by atoms with Gasteiger partial charge in [0, 0.05) is 30.9 Å². The summed E-state index contributed by atoms with van der Waals surface area (Å²) >= 11 is 6.07. The first-order valence-electron chi connectivity index (χ1n) is 8.80. The number of hydrogen-bond acceptors (Lipinski definition) is 3. The van der Waals surface area contributed by atoms with Crippen LogP contribution in [0.2, 0.25) is 5.02 Å². The largest absolute Gasteiger partial charge is 0.382 e. The van der Waals surface area contributed by atoms with Gasteiger partial charge in [-0.25, -0.2) is 0 Å². The summed E-state index contributed by atoms with van der Waals surface area (Å²) in [5.74, 6) is -0.580. The van der Waals surface area contributed by atoms with Gasteiger partial charge in [-0.3, -0.25) is 9.59 Å². The van der Waals surface area contributed by atoms with E-state index in [1.165, 1.54) is 6.08 Å². The lowest BCUT2D eigenvalue weighted by atomic mass is 10.1. The van der Waals surface area contributed by atoms with Crippen LogP contribution in [-0.4, -0.2) is 31.6 Å². The predicted molar refractivity (Wildman–Crippen MR) is 109 cm³/mol. The minimum atomic E-state index is -0.341. The third-order valence-electron chi connectivity index (χ3n) is 3.70. The van der Waals surface area contributed by atoms with Gasteiger partial charge >= 0.3 is 0 Å². The molecule has 2 aromatic rings. The van der Waals surface area contributed by atoms with E-state index in [0.29, 0.717) is 36.0 Å². The van der Waals surface area contributed by atoms with Gasteiger partial charge in [-0.15, -0.1) is 0 Å². The van der Waals surface area contributed by atoms with Crippen LogP contribution in [-0.2, 0) is 9.53 Å². The lowest BCUT2D eigenvalue weighted by Crippen LogP contribution is -2.26. The molecule has 0 unspecified atom stereocenters. The summed E-state index contributed by atoms with van der Waals surface area (Å²) in [6.45, 7) is 3.69. The molecule has 0 fully saturated rings. The van der Waals surface area contributed by atoms with Gasteiger partial charge in [0.15, 0.2) is 0 Å². The Bertz CT molecular complexity index is 806. The molecule has 0 heterocycles. The third-order valence-corrected chi connectivity index (χ3v) is 4.05. The van der Waals surface area contributed by atoms with Gasteiger partial charge in [-0.1, -0.05) is 41.9 Å². The summed E-state index contributed by atoms with van der Waals surface area (Å²) in [4.78, 5) is 24.6. The van der Waals surface area contributed by atoms with Crippen LogP contribution in [0.4, 0.5) is 5.69 Å². The van der Waals surface area contributed by atoms with E-state index in [1.54, 1.807) is 36.4 Å². The number of nitrogens with one attached hydrogen (secondary N) is 2. The van der Waals surface area contributed by atoms with Crippen LogP contribution in [0.15, 0.2) is 54.6 Å². The zero-order valence-corrected chi connectivity index (χ0v) is 16.0. The summed E-state index contributed by atoms with van der Waals surface area (Å²) in [5, 5.41) is 6.13. The molecule has 2 N–H and O–H groups in total. The normalized spacial score (nSPS) is 10.7. The van der Waals surface area contributed by atoms with Crippen LogP contribution in [0.1, 0.15) is 29.3 Å². The topological polar surface area (TPSA) is 67.4 Å². The van der Waals surface area contributed by atoms with Crippen molar-refractivity contribution in [3.63, 3.8) is 0 Å². The van der Waals surface area contributed by atoms with Crippen molar-refractivity contribution >= 4 is 35.2 Å². The van der Waals surface area contributed by atoms with Crippen LogP contribution >= 0.6 is 11.6 Å². The average Bonchev–Trinajstić information content (AvgIpc) is 2.67. The molecule has 0 radical (unpaired) electrons. The van der Waals surface area contributed by atoms with Crippen molar-refractivity contribution in [3.05, 3.63) is 70.8 Å². The monoisotopic (exact) mass is 386 g/mol. The number of carbonyl (C=O) groups is 2. The van der Waals surface area contributed by atoms with E-state index in [-0.39, 0.29) is 11.8 Å². The van der Waals surface area contributed by atoms with Crippen molar-refractivity contribution in [2.24, 2.45) is 0 Å². The van der Waals surface area contributed by atoms with Crippen LogP contribution in [0.5, 0.6) is 0 Å². The third kappa shape index (κ3) is 6.89. The van der Waals surface area contributed by atoms with Gasteiger partial charge in [-0.05, 0) is 43.2 Å². The Labute approximate surface area is 164 Å². The first-order chi connectivity index (χ1) is 13.1. The number of anilines is 1. The fraction of sp³-hybridized carbons (Fsp3) is 0.238. The molecule has 0 aliphatic carbocycles. The van der Waals surface area contributed by atoms with Crippen molar-refractivity contribution in [3.8, 4) is 0 Å². The molecule has 0 saturated heterocycles. The van der Waals surface area contributed by atoms with E-state index in [2.05, 4.69) is 10.6 Å². The number of benzene rings is 2. The SMILES string of the molecule is CCOCCCNC(=O)c1ccccc1NC(=O)/C=C/c1ccccc1Cl. The molecule has 0 aliphatic heterocycles. The molecule has 0 bridgehead atoms.